The molecule has 1 heterocycles. The van der Waals surface area contributed by atoms with Crippen molar-refractivity contribution < 1.29 is 40.3 Å². The lowest BCUT2D eigenvalue weighted by atomic mass is 9.94. The van der Waals surface area contributed by atoms with Crippen LogP contribution in [-0.2, 0) is 39.9 Å². The summed E-state index contributed by atoms with van der Waals surface area (Å²) in [6.07, 6.45) is -2.78. The Morgan fingerprint density at radius 1 is 1.29 bits per heavy atom. The zero-order valence-electron chi connectivity index (χ0n) is 16.1. The molecule has 1 atom stereocenters. The Bertz CT molecular complexity index is 1110. The van der Waals surface area contributed by atoms with E-state index in [0.717, 1.165) is 0 Å². The number of alkyl halides is 5. The van der Waals surface area contributed by atoms with Crippen LogP contribution in [0.5, 0.6) is 0 Å². The number of hydrogen-bond donors (Lipinski definition) is 2. The number of hydrogen-bond acceptors (Lipinski definition) is 4. The number of halogens is 5. The van der Waals surface area contributed by atoms with Crippen molar-refractivity contribution in [2.24, 2.45) is 0 Å². The van der Waals surface area contributed by atoms with E-state index in [2.05, 4.69) is 9.82 Å². The van der Waals surface area contributed by atoms with Gasteiger partial charge in [-0.25, -0.2) is 21.9 Å². The van der Waals surface area contributed by atoms with Crippen molar-refractivity contribution in [3.63, 3.8) is 0 Å². The predicted molar refractivity (Wildman–Crippen MR) is 96.9 cm³/mol. The Hall–Kier alpha value is -2.54. The largest absolute Gasteiger partial charge is 0.480 e. The Morgan fingerprint density at radius 2 is 1.97 bits per heavy atom. The number of benzene rings is 1. The molecule has 3 rings (SSSR count). The fourth-order valence-corrected chi connectivity index (χ4v) is 5.01. The van der Waals surface area contributed by atoms with Crippen molar-refractivity contribution in [3.05, 3.63) is 46.8 Å². The number of rotatable bonds is 6. The van der Waals surface area contributed by atoms with Crippen molar-refractivity contribution >= 4 is 16.0 Å². The lowest BCUT2D eigenvalue weighted by molar-refractivity contribution is -0.140. The van der Waals surface area contributed by atoms with Crippen LogP contribution in [0.4, 0.5) is 22.0 Å². The van der Waals surface area contributed by atoms with E-state index in [9.17, 15) is 35.2 Å². The van der Waals surface area contributed by atoms with Crippen LogP contribution in [0.3, 0.4) is 0 Å². The van der Waals surface area contributed by atoms with Crippen LogP contribution in [0, 0.1) is 0 Å². The summed E-state index contributed by atoms with van der Waals surface area (Å²) < 4.78 is 96.6. The monoisotopic (exact) mass is 467 g/mol. The third kappa shape index (κ3) is 4.87. The number of aliphatic carboxylic acids is 1. The number of aromatic nitrogens is 2. The van der Waals surface area contributed by atoms with Crippen molar-refractivity contribution in [2.45, 2.75) is 55.8 Å². The molecule has 0 aliphatic heterocycles. The minimum Gasteiger partial charge on any atom is -0.480 e. The van der Waals surface area contributed by atoms with Gasteiger partial charge < -0.3 is 5.11 Å². The Labute approximate surface area is 173 Å². The van der Waals surface area contributed by atoms with Gasteiger partial charge in [-0.1, -0.05) is 6.07 Å². The maximum Gasteiger partial charge on any atom is 0.417 e. The van der Waals surface area contributed by atoms with Gasteiger partial charge in [0.25, 0.3) is 5.92 Å². The first-order valence-corrected chi connectivity index (χ1v) is 10.6. The molecule has 1 aromatic heterocycles. The summed E-state index contributed by atoms with van der Waals surface area (Å²) in [5, 5.41) is 12.9. The third-order valence-electron chi connectivity index (χ3n) is 4.93. The number of carboxylic acid groups (broad SMARTS) is 1. The summed E-state index contributed by atoms with van der Waals surface area (Å²) in [4.78, 5) is 9.65. The first-order valence-electron chi connectivity index (χ1n) is 9.08. The predicted octanol–water partition coefficient (Wildman–Crippen LogP) is 3.45. The molecule has 0 amide bonds. The van der Waals surface area contributed by atoms with Crippen LogP contribution >= 0.6 is 0 Å². The Balaban J connectivity index is 2.02. The van der Waals surface area contributed by atoms with E-state index in [1.165, 1.54) is 10.9 Å². The molecule has 2 N–H and O–H groups in total. The molecule has 7 nitrogen and oxygen atoms in total. The second kappa shape index (κ2) is 7.86. The molecular formula is C18H18F5N3O4S. The summed E-state index contributed by atoms with van der Waals surface area (Å²) in [5.74, 6) is -4.72. The van der Waals surface area contributed by atoms with Crippen molar-refractivity contribution in [1.29, 1.82) is 0 Å². The highest BCUT2D eigenvalue weighted by Crippen LogP contribution is 2.39. The first kappa shape index (κ1) is 23.1. The second-order valence-electron chi connectivity index (χ2n) is 7.26. The number of carboxylic acids is 1. The van der Waals surface area contributed by atoms with Gasteiger partial charge in [0, 0.05) is 23.7 Å². The van der Waals surface area contributed by atoms with Crippen molar-refractivity contribution in [3.8, 4) is 0 Å². The van der Waals surface area contributed by atoms with E-state index < -0.39 is 56.7 Å². The minimum atomic E-state index is -5.09. The third-order valence-corrected chi connectivity index (χ3v) is 6.44. The van der Waals surface area contributed by atoms with Crippen LogP contribution in [0.2, 0.25) is 0 Å². The molecule has 0 saturated heterocycles. The van der Waals surface area contributed by atoms with E-state index in [-0.39, 0.29) is 6.42 Å². The highest BCUT2D eigenvalue weighted by atomic mass is 32.2. The molecule has 0 saturated carbocycles. The maximum absolute atomic E-state index is 13.7. The molecule has 170 valence electrons. The highest BCUT2D eigenvalue weighted by molar-refractivity contribution is 7.89. The molecular weight excluding hydrogens is 449 g/mol. The number of carbonyl (C=O) groups is 1. The van der Waals surface area contributed by atoms with Crippen LogP contribution in [0.15, 0.2) is 29.3 Å². The van der Waals surface area contributed by atoms with Crippen LogP contribution in [-0.4, -0.2) is 29.3 Å². The standard InChI is InChI=1S/C18H18F5N3O4S/c1-17(19,20)10-5-6-12(18(21,22)23)15(7-10)31(29,30)25-13-3-2-4-14-11(13)8-24-26(14)9-16(27)28/h5-8,13,25H,2-4,9H2,1H3,(H,27,28). The zero-order valence-corrected chi connectivity index (χ0v) is 16.9. The lowest BCUT2D eigenvalue weighted by Crippen LogP contribution is -2.33. The minimum absolute atomic E-state index is 0.218. The van der Waals surface area contributed by atoms with Gasteiger partial charge in [-0.2, -0.15) is 18.3 Å². The van der Waals surface area contributed by atoms with Crippen LogP contribution in [0.1, 0.15) is 48.2 Å². The van der Waals surface area contributed by atoms with Gasteiger partial charge in [0.1, 0.15) is 6.54 Å². The van der Waals surface area contributed by atoms with Gasteiger partial charge >= 0.3 is 12.1 Å². The number of fused-ring (bicyclic) bond motifs is 1. The van der Waals surface area contributed by atoms with Crippen molar-refractivity contribution in [1.82, 2.24) is 14.5 Å². The summed E-state index contributed by atoms with van der Waals surface area (Å²) >= 11 is 0. The van der Waals surface area contributed by atoms with Gasteiger partial charge in [0.05, 0.1) is 22.7 Å². The SMILES string of the molecule is CC(F)(F)c1ccc(C(F)(F)F)c(S(=O)(=O)NC2CCCc3c2cnn3CC(=O)O)c1. The topological polar surface area (TPSA) is 101 Å². The van der Waals surface area contributed by atoms with Gasteiger partial charge in [-0.3, -0.25) is 9.48 Å². The zero-order chi connectivity index (χ0) is 23.2. The fraction of sp³-hybridized carbons (Fsp3) is 0.444. The van der Waals surface area contributed by atoms with Gasteiger partial charge in [-0.05, 0) is 31.4 Å². The molecule has 1 unspecified atom stereocenters. The van der Waals surface area contributed by atoms with Crippen LogP contribution in [0.25, 0.3) is 0 Å². The molecule has 0 spiro atoms. The van der Waals surface area contributed by atoms with Gasteiger partial charge in [0.2, 0.25) is 10.0 Å². The molecule has 0 fully saturated rings. The molecule has 1 aliphatic rings. The van der Waals surface area contributed by atoms with Gasteiger partial charge in [-0.15, -0.1) is 0 Å². The summed E-state index contributed by atoms with van der Waals surface area (Å²) in [6.45, 7) is -0.00959. The number of nitrogens with one attached hydrogen (secondary N) is 1. The molecule has 13 heteroatoms. The highest BCUT2D eigenvalue weighted by Gasteiger charge is 2.40. The van der Waals surface area contributed by atoms with Crippen LogP contribution < -0.4 is 4.72 Å². The molecule has 2 aromatic rings. The molecule has 1 aliphatic carbocycles. The fourth-order valence-electron chi connectivity index (χ4n) is 3.51. The summed E-state index contributed by atoms with van der Waals surface area (Å²) in [6, 6.07) is 0.195. The average molecular weight is 467 g/mol. The number of sulfonamides is 1. The summed E-state index contributed by atoms with van der Waals surface area (Å²) in [7, 11) is -4.87. The summed E-state index contributed by atoms with van der Waals surface area (Å²) in [5.41, 5.74) is -1.65. The molecule has 1 aromatic carbocycles. The second-order valence-corrected chi connectivity index (χ2v) is 8.94. The maximum atomic E-state index is 13.7. The molecule has 0 radical (unpaired) electrons. The first-order chi connectivity index (χ1) is 14.2. The molecule has 31 heavy (non-hydrogen) atoms. The van der Waals surface area contributed by atoms with Crippen molar-refractivity contribution in [2.75, 3.05) is 0 Å². The van der Waals surface area contributed by atoms with E-state index in [4.69, 9.17) is 5.11 Å². The normalized spacial score (nSPS) is 17.4. The van der Waals surface area contributed by atoms with E-state index >= 15 is 0 Å². The Morgan fingerprint density at radius 3 is 2.55 bits per heavy atom. The van der Waals surface area contributed by atoms with E-state index in [0.29, 0.717) is 49.2 Å². The number of nitrogens with zero attached hydrogens (tertiary/aromatic N) is 2. The average Bonchev–Trinajstić information content (AvgIpc) is 3.03. The molecule has 0 bridgehead atoms. The smallest absolute Gasteiger partial charge is 0.417 e. The van der Waals surface area contributed by atoms with Gasteiger partial charge in [0.15, 0.2) is 0 Å². The quantitative estimate of drug-likeness (QED) is 0.634. The lowest BCUT2D eigenvalue weighted by Gasteiger charge is -2.25. The van der Waals surface area contributed by atoms with E-state index in [1.54, 1.807) is 0 Å². The van der Waals surface area contributed by atoms with E-state index in [1.807, 2.05) is 0 Å². The Kier molecular flexibility index (Phi) is 5.86.